The maximum Gasteiger partial charge on any atom is 0.138 e. The van der Waals surface area contributed by atoms with Crippen molar-refractivity contribution in [3.8, 4) is 33.9 Å². The molecule has 0 aliphatic carbocycles. The molecule has 0 aliphatic rings. The number of nitrogens with zero attached hydrogens (tertiary/aromatic N) is 1. The summed E-state index contributed by atoms with van der Waals surface area (Å²) in [6, 6.07) is 26.7. The minimum Gasteiger partial charge on any atom is -0.337 e. The van der Waals surface area contributed by atoms with E-state index in [4.69, 9.17) is 4.98 Å². The molecule has 0 aliphatic heterocycles. The van der Waals surface area contributed by atoms with Gasteiger partial charge in [-0.1, -0.05) is 86.5 Å². The Hall–Kier alpha value is -2.17. The number of imidazole rings is 1. The van der Waals surface area contributed by atoms with Crippen molar-refractivity contribution in [2.45, 2.75) is 0 Å². The maximum atomic E-state index is 4.90. The lowest BCUT2D eigenvalue weighted by Gasteiger charge is -2.03. The van der Waals surface area contributed by atoms with Crippen LogP contribution in [0.25, 0.3) is 33.9 Å². The summed E-state index contributed by atoms with van der Waals surface area (Å²) in [7, 11) is 0. The molecule has 0 bridgehead atoms. The van der Waals surface area contributed by atoms with Crippen molar-refractivity contribution in [1.82, 2.24) is 9.97 Å². The summed E-state index contributed by atoms with van der Waals surface area (Å²) in [6.07, 6.45) is 0. The lowest BCUT2D eigenvalue weighted by molar-refractivity contribution is 1.31. The van der Waals surface area contributed by atoms with Crippen molar-refractivity contribution in [2.75, 3.05) is 0 Å². The first-order valence-electron chi connectivity index (χ1n) is 7.88. The first kappa shape index (κ1) is 16.3. The molecule has 1 N–H and O–H groups in total. The highest BCUT2D eigenvalue weighted by molar-refractivity contribution is 9.10. The van der Waals surface area contributed by atoms with Crippen LogP contribution in [-0.2, 0) is 0 Å². The first-order valence-corrected chi connectivity index (χ1v) is 9.46. The minimum absolute atomic E-state index is 0.865. The predicted octanol–water partition coefficient (Wildman–Crippen LogP) is 6.94. The normalized spacial score (nSPS) is 10.8. The molecule has 4 heteroatoms. The van der Waals surface area contributed by atoms with Gasteiger partial charge in [0.05, 0.1) is 11.4 Å². The molecule has 3 aromatic carbocycles. The molecule has 1 aromatic heterocycles. The summed E-state index contributed by atoms with van der Waals surface area (Å²) < 4.78 is 2.12. The highest BCUT2D eigenvalue weighted by Crippen LogP contribution is 2.33. The molecule has 4 aromatic rings. The molecule has 2 nitrogen and oxygen atoms in total. The second kappa shape index (κ2) is 6.98. The van der Waals surface area contributed by atoms with Crippen molar-refractivity contribution < 1.29 is 0 Å². The molecule has 0 amide bonds. The van der Waals surface area contributed by atoms with Gasteiger partial charge in [0.2, 0.25) is 0 Å². The van der Waals surface area contributed by atoms with E-state index in [0.29, 0.717) is 0 Å². The van der Waals surface area contributed by atoms with Crippen molar-refractivity contribution in [1.29, 1.82) is 0 Å². The van der Waals surface area contributed by atoms with E-state index in [2.05, 4.69) is 73.2 Å². The van der Waals surface area contributed by atoms with Crippen LogP contribution in [0.1, 0.15) is 0 Å². The monoisotopic (exact) mass is 452 g/mol. The number of halogens is 2. The van der Waals surface area contributed by atoms with Gasteiger partial charge < -0.3 is 4.98 Å². The Morgan fingerprint density at radius 1 is 0.600 bits per heavy atom. The molecule has 1 heterocycles. The molecular formula is C21H14Br2N2. The highest BCUT2D eigenvalue weighted by Gasteiger charge is 2.15. The fourth-order valence-corrected chi connectivity index (χ4v) is 3.28. The summed E-state index contributed by atoms with van der Waals surface area (Å²) in [5.74, 6) is 0.865. The van der Waals surface area contributed by atoms with Gasteiger partial charge in [0.25, 0.3) is 0 Å². The first-order chi connectivity index (χ1) is 12.2. The van der Waals surface area contributed by atoms with E-state index in [1.54, 1.807) is 0 Å². The van der Waals surface area contributed by atoms with Crippen LogP contribution in [0.5, 0.6) is 0 Å². The smallest absolute Gasteiger partial charge is 0.138 e. The van der Waals surface area contributed by atoms with Gasteiger partial charge in [-0.05, 0) is 24.3 Å². The summed E-state index contributed by atoms with van der Waals surface area (Å²) >= 11 is 6.98. The van der Waals surface area contributed by atoms with E-state index >= 15 is 0 Å². The second-order valence-corrected chi connectivity index (χ2v) is 7.52. The fourth-order valence-electron chi connectivity index (χ4n) is 2.75. The largest absolute Gasteiger partial charge is 0.337 e. The summed E-state index contributed by atoms with van der Waals surface area (Å²) in [6.45, 7) is 0. The third kappa shape index (κ3) is 3.46. The van der Waals surface area contributed by atoms with Crippen molar-refractivity contribution in [2.24, 2.45) is 0 Å². The van der Waals surface area contributed by atoms with Gasteiger partial charge in [-0.2, -0.15) is 0 Å². The average molecular weight is 454 g/mol. The van der Waals surface area contributed by atoms with Gasteiger partial charge in [0.1, 0.15) is 5.82 Å². The summed E-state index contributed by atoms with van der Waals surface area (Å²) in [4.78, 5) is 8.41. The molecule has 0 spiro atoms. The van der Waals surface area contributed by atoms with Crippen LogP contribution < -0.4 is 0 Å². The number of rotatable bonds is 3. The van der Waals surface area contributed by atoms with Gasteiger partial charge in [-0.25, -0.2) is 4.98 Å². The zero-order chi connectivity index (χ0) is 17.2. The Labute approximate surface area is 163 Å². The zero-order valence-electron chi connectivity index (χ0n) is 13.2. The molecule has 0 saturated heterocycles. The number of aromatic nitrogens is 2. The number of nitrogens with one attached hydrogen (secondary N) is 1. The van der Waals surface area contributed by atoms with Crippen molar-refractivity contribution >= 4 is 31.9 Å². The van der Waals surface area contributed by atoms with Gasteiger partial charge >= 0.3 is 0 Å². The minimum atomic E-state index is 0.865. The number of aromatic amines is 1. The molecule has 0 fully saturated rings. The number of hydrogen-bond donors (Lipinski definition) is 1. The van der Waals surface area contributed by atoms with Crippen LogP contribution in [-0.4, -0.2) is 9.97 Å². The van der Waals surface area contributed by atoms with Crippen LogP contribution in [0.2, 0.25) is 0 Å². The Kier molecular flexibility index (Phi) is 4.55. The van der Waals surface area contributed by atoms with Crippen LogP contribution in [0, 0.1) is 0 Å². The quantitative estimate of drug-likeness (QED) is 0.357. The molecule has 122 valence electrons. The van der Waals surface area contributed by atoms with E-state index in [1.807, 2.05) is 42.5 Å². The van der Waals surface area contributed by atoms with Gasteiger partial charge in [-0.3, -0.25) is 0 Å². The van der Waals surface area contributed by atoms with E-state index in [9.17, 15) is 0 Å². The van der Waals surface area contributed by atoms with E-state index < -0.39 is 0 Å². The Balaban J connectivity index is 1.89. The lowest BCUT2D eigenvalue weighted by Crippen LogP contribution is -1.83. The van der Waals surface area contributed by atoms with Crippen molar-refractivity contribution in [3.63, 3.8) is 0 Å². The number of H-pyrrole nitrogens is 1. The standard InChI is InChI=1S/C21H14Br2N2/c22-17-10-6-15(7-11-17)20-19(14-4-2-1-3-5-14)24-21(25-20)16-8-12-18(23)13-9-16/h1-13H,(H,24,25). The van der Waals surface area contributed by atoms with Crippen LogP contribution in [0.3, 0.4) is 0 Å². The Morgan fingerprint density at radius 2 is 1.16 bits per heavy atom. The predicted molar refractivity (Wildman–Crippen MR) is 110 cm³/mol. The molecule has 0 radical (unpaired) electrons. The SMILES string of the molecule is Brc1ccc(-c2nc(-c3ccccc3)c(-c3ccc(Br)cc3)[nH]2)cc1. The van der Waals surface area contributed by atoms with E-state index in [0.717, 1.165) is 42.8 Å². The Bertz CT molecular complexity index is 989. The molecular weight excluding hydrogens is 440 g/mol. The third-order valence-corrected chi connectivity index (χ3v) is 5.06. The van der Waals surface area contributed by atoms with E-state index in [-0.39, 0.29) is 0 Å². The van der Waals surface area contributed by atoms with E-state index in [1.165, 1.54) is 0 Å². The van der Waals surface area contributed by atoms with Crippen LogP contribution in [0.15, 0.2) is 87.8 Å². The zero-order valence-corrected chi connectivity index (χ0v) is 16.4. The lowest BCUT2D eigenvalue weighted by atomic mass is 10.1. The molecule has 0 atom stereocenters. The second-order valence-electron chi connectivity index (χ2n) is 5.69. The fraction of sp³-hybridized carbons (Fsp3) is 0. The van der Waals surface area contributed by atoms with Gasteiger partial charge in [0.15, 0.2) is 0 Å². The van der Waals surface area contributed by atoms with Crippen LogP contribution >= 0.6 is 31.9 Å². The summed E-state index contributed by atoms with van der Waals surface area (Å²) in [5.41, 5.74) is 5.25. The topological polar surface area (TPSA) is 28.7 Å². The third-order valence-electron chi connectivity index (χ3n) is 4.00. The van der Waals surface area contributed by atoms with Gasteiger partial charge in [0, 0.05) is 25.6 Å². The van der Waals surface area contributed by atoms with Crippen LogP contribution in [0.4, 0.5) is 0 Å². The molecule has 0 saturated carbocycles. The maximum absolute atomic E-state index is 4.90. The molecule has 4 rings (SSSR count). The number of benzene rings is 3. The average Bonchev–Trinajstić information content (AvgIpc) is 3.09. The molecule has 25 heavy (non-hydrogen) atoms. The Morgan fingerprint density at radius 3 is 1.76 bits per heavy atom. The summed E-state index contributed by atoms with van der Waals surface area (Å²) in [5, 5.41) is 0. The highest BCUT2D eigenvalue weighted by atomic mass is 79.9. The molecule has 0 unspecified atom stereocenters. The van der Waals surface area contributed by atoms with Gasteiger partial charge in [-0.15, -0.1) is 0 Å². The number of hydrogen-bond acceptors (Lipinski definition) is 1. The van der Waals surface area contributed by atoms with Crippen molar-refractivity contribution in [3.05, 3.63) is 87.8 Å².